The summed E-state index contributed by atoms with van der Waals surface area (Å²) >= 11 is 13.5. The normalized spacial score (nSPS) is 15.5. The van der Waals surface area contributed by atoms with Crippen molar-refractivity contribution in [3.05, 3.63) is 69.3 Å². The van der Waals surface area contributed by atoms with E-state index in [1.54, 1.807) is 18.2 Å². The van der Waals surface area contributed by atoms with E-state index in [9.17, 15) is 13.2 Å². The Morgan fingerprint density at radius 1 is 1.00 bits per heavy atom. The fraction of sp³-hybridized carbons (Fsp3) is 0.261. The molecule has 0 bridgehead atoms. The first-order valence-corrected chi connectivity index (χ1v) is 11.8. The van der Waals surface area contributed by atoms with Crippen molar-refractivity contribution >= 4 is 34.5 Å². The number of aromatic nitrogens is 4. The minimum absolute atomic E-state index is 0.00372. The molecule has 0 radical (unpaired) electrons. The molecule has 1 aliphatic rings. The summed E-state index contributed by atoms with van der Waals surface area (Å²) in [7, 11) is 0. The molecule has 0 atom stereocenters. The molecule has 4 aromatic rings. The highest BCUT2D eigenvalue weighted by Crippen LogP contribution is 2.55. The van der Waals surface area contributed by atoms with Crippen LogP contribution in [0.3, 0.4) is 0 Å². The molecule has 170 valence electrons. The van der Waals surface area contributed by atoms with Crippen LogP contribution in [-0.2, 0) is 5.41 Å². The predicted molar refractivity (Wildman–Crippen MR) is 124 cm³/mol. The van der Waals surface area contributed by atoms with Crippen LogP contribution < -0.4 is 0 Å². The topological polar surface area (TPSA) is 43.6 Å². The third-order valence-electron chi connectivity index (χ3n) is 6.09. The Morgan fingerprint density at radius 3 is 2.30 bits per heavy atom. The minimum atomic E-state index is -4.36. The molecular weight excluding hydrogens is 492 g/mol. The molecule has 2 aromatic carbocycles. The first-order valence-electron chi connectivity index (χ1n) is 10.2. The maximum absolute atomic E-state index is 13.8. The molecule has 1 saturated carbocycles. The van der Waals surface area contributed by atoms with E-state index in [0.29, 0.717) is 44.2 Å². The van der Waals surface area contributed by atoms with E-state index in [2.05, 4.69) is 10.2 Å². The van der Waals surface area contributed by atoms with Crippen LogP contribution in [-0.4, -0.2) is 25.9 Å². The second kappa shape index (κ2) is 8.11. The van der Waals surface area contributed by atoms with Crippen molar-refractivity contribution < 1.29 is 13.2 Å². The summed E-state index contributed by atoms with van der Waals surface area (Å²) in [6, 6.07) is 14.5. The van der Waals surface area contributed by atoms with Gasteiger partial charge in [-0.2, -0.15) is 13.2 Å². The van der Waals surface area contributed by atoms with E-state index in [-0.39, 0.29) is 17.8 Å². The lowest BCUT2D eigenvalue weighted by atomic mass is 9.68. The minimum Gasteiger partial charge on any atom is -0.296 e. The van der Waals surface area contributed by atoms with Gasteiger partial charge in [-0.1, -0.05) is 53.1 Å². The number of hydrogen-bond donors (Lipinski definition) is 0. The maximum atomic E-state index is 13.8. The van der Waals surface area contributed by atoms with E-state index < -0.39 is 11.6 Å². The molecule has 2 aromatic heterocycles. The molecule has 2 heterocycles. The highest BCUT2D eigenvalue weighted by molar-refractivity contribution is 7.14. The lowest BCUT2D eigenvalue weighted by Crippen LogP contribution is -2.47. The van der Waals surface area contributed by atoms with E-state index in [1.807, 2.05) is 41.8 Å². The Kier molecular flexibility index (Phi) is 5.50. The van der Waals surface area contributed by atoms with E-state index in [1.165, 1.54) is 0 Å². The smallest absolute Gasteiger partial charge is 0.296 e. The van der Waals surface area contributed by atoms with Crippen molar-refractivity contribution in [1.29, 1.82) is 0 Å². The quantitative estimate of drug-likeness (QED) is 0.284. The SMILES string of the molecule is Cc1c(-c2nnc(C3(C(F)(F)F)CCC3)s2)nc(-c2ccccc2Cl)n1-c1ccc(Cl)cc1. The molecule has 33 heavy (non-hydrogen) atoms. The highest BCUT2D eigenvalue weighted by atomic mass is 35.5. The monoisotopic (exact) mass is 508 g/mol. The fourth-order valence-corrected chi connectivity index (χ4v) is 5.59. The number of alkyl halides is 3. The lowest BCUT2D eigenvalue weighted by molar-refractivity contribution is -0.212. The predicted octanol–water partition coefficient (Wildman–Crippen LogP) is 7.66. The van der Waals surface area contributed by atoms with Gasteiger partial charge in [0.05, 0.1) is 10.7 Å². The van der Waals surface area contributed by atoms with Crippen molar-refractivity contribution in [2.24, 2.45) is 0 Å². The van der Waals surface area contributed by atoms with Crippen molar-refractivity contribution in [2.45, 2.75) is 37.8 Å². The van der Waals surface area contributed by atoms with Gasteiger partial charge in [0.15, 0.2) is 5.01 Å². The van der Waals surface area contributed by atoms with Gasteiger partial charge in [-0.3, -0.25) is 4.57 Å². The molecule has 0 unspecified atom stereocenters. The lowest BCUT2D eigenvalue weighted by Gasteiger charge is -2.40. The molecule has 0 N–H and O–H groups in total. The average Bonchev–Trinajstić information content (AvgIpc) is 3.32. The molecule has 1 aliphatic carbocycles. The zero-order valence-corrected chi connectivity index (χ0v) is 19.7. The summed E-state index contributed by atoms with van der Waals surface area (Å²) in [5.74, 6) is 0.557. The molecule has 0 amide bonds. The van der Waals surface area contributed by atoms with Gasteiger partial charge in [-0.05, 0) is 56.2 Å². The van der Waals surface area contributed by atoms with Gasteiger partial charge in [0.25, 0.3) is 0 Å². The Morgan fingerprint density at radius 2 is 1.70 bits per heavy atom. The number of imidazole rings is 1. The summed E-state index contributed by atoms with van der Waals surface area (Å²) in [4.78, 5) is 4.78. The van der Waals surface area contributed by atoms with Crippen LogP contribution in [0.25, 0.3) is 27.8 Å². The number of benzene rings is 2. The molecule has 0 saturated heterocycles. The molecule has 4 nitrogen and oxygen atoms in total. The van der Waals surface area contributed by atoms with Crippen LogP contribution in [0.4, 0.5) is 13.2 Å². The van der Waals surface area contributed by atoms with Gasteiger partial charge in [-0.15, -0.1) is 10.2 Å². The van der Waals surface area contributed by atoms with Gasteiger partial charge >= 0.3 is 6.18 Å². The van der Waals surface area contributed by atoms with Crippen molar-refractivity contribution in [1.82, 2.24) is 19.7 Å². The Bertz CT molecular complexity index is 1320. The van der Waals surface area contributed by atoms with E-state index >= 15 is 0 Å². The van der Waals surface area contributed by atoms with Crippen LogP contribution in [0.2, 0.25) is 10.0 Å². The fourth-order valence-electron chi connectivity index (χ4n) is 4.09. The van der Waals surface area contributed by atoms with Crippen molar-refractivity contribution in [2.75, 3.05) is 0 Å². The summed E-state index contributed by atoms with van der Waals surface area (Å²) < 4.78 is 43.3. The van der Waals surface area contributed by atoms with Crippen LogP contribution in [0.1, 0.15) is 30.0 Å². The molecule has 0 spiro atoms. The van der Waals surface area contributed by atoms with Crippen LogP contribution >= 0.6 is 34.5 Å². The average molecular weight is 509 g/mol. The summed E-state index contributed by atoms with van der Waals surface area (Å²) in [5.41, 5.74) is 0.770. The second-order valence-corrected chi connectivity index (χ2v) is 9.83. The van der Waals surface area contributed by atoms with Gasteiger partial charge in [0, 0.05) is 16.3 Å². The maximum Gasteiger partial charge on any atom is 0.400 e. The van der Waals surface area contributed by atoms with Crippen molar-refractivity contribution in [3.63, 3.8) is 0 Å². The van der Waals surface area contributed by atoms with Gasteiger partial charge in [-0.25, -0.2) is 4.98 Å². The molecule has 0 aliphatic heterocycles. The molecular formula is C23H17Cl2F3N4S. The summed E-state index contributed by atoms with van der Waals surface area (Å²) in [5, 5.41) is 9.52. The van der Waals surface area contributed by atoms with E-state index in [4.69, 9.17) is 28.2 Å². The zero-order chi connectivity index (χ0) is 23.4. The first kappa shape index (κ1) is 22.4. The van der Waals surface area contributed by atoms with Gasteiger partial charge in [0.2, 0.25) is 0 Å². The third kappa shape index (κ3) is 3.64. The summed E-state index contributed by atoms with van der Waals surface area (Å²) in [6.07, 6.45) is -3.76. The number of rotatable bonds is 4. The molecule has 5 rings (SSSR count). The largest absolute Gasteiger partial charge is 0.400 e. The summed E-state index contributed by atoms with van der Waals surface area (Å²) in [6.45, 7) is 1.85. The first-order chi connectivity index (χ1) is 15.7. The Hall–Kier alpha value is -2.42. The standard InChI is InChI=1S/C23H17Cl2F3N4S/c1-13-18(20-30-31-21(33-20)22(11-4-12-22)23(26,27)28)29-19(16-5-2-3-6-17(16)25)32(13)15-9-7-14(24)8-10-15/h2-3,5-10H,4,11-12H2,1H3. The highest BCUT2D eigenvalue weighted by Gasteiger charge is 2.61. The zero-order valence-electron chi connectivity index (χ0n) is 17.3. The molecule has 10 heteroatoms. The van der Waals surface area contributed by atoms with Crippen LogP contribution in [0, 0.1) is 6.92 Å². The number of hydrogen-bond acceptors (Lipinski definition) is 4. The number of nitrogens with zero attached hydrogens (tertiary/aromatic N) is 4. The Balaban J connectivity index is 1.67. The van der Waals surface area contributed by atoms with Crippen LogP contribution in [0.5, 0.6) is 0 Å². The van der Waals surface area contributed by atoms with Crippen LogP contribution in [0.15, 0.2) is 48.5 Å². The van der Waals surface area contributed by atoms with Gasteiger partial charge in [0.1, 0.15) is 21.9 Å². The van der Waals surface area contributed by atoms with Gasteiger partial charge < -0.3 is 0 Å². The second-order valence-electron chi connectivity index (χ2n) is 8.01. The Labute approximate surface area is 202 Å². The van der Waals surface area contributed by atoms with E-state index in [0.717, 1.165) is 17.0 Å². The molecule has 1 fully saturated rings. The third-order valence-corrected chi connectivity index (χ3v) is 7.81. The van der Waals surface area contributed by atoms with Crippen molar-refractivity contribution in [3.8, 4) is 27.8 Å². The number of halogens is 5.